The minimum Gasteiger partial charge on any atom is -0.317 e. The molecule has 0 atom stereocenters. The number of hydrogen-bond donors (Lipinski definition) is 1. The van der Waals surface area contributed by atoms with Crippen LogP contribution in [0.4, 0.5) is 0 Å². The Labute approximate surface area is 125 Å². The fourth-order valence-electron chi connectivity index (χ4n) is 2.84. The van der Waals surface area contributed by atoms with Crippen LogP contribution in [0.15, 0.2) is 41.6 Å². The molecule has 112 valence electrons. The molecule has 1 saturated heterocycles. The molecule has 0 saturated carbocycles. The summed E-state index contributed by atoms with van der Waals surface area (Å²) in [5, 5.41) is 4.84. The molecule has 0 bridgehead atoms. The maximum Gasteiger partial charge on any atom is 0.243 e. The Morgan fingerprint density at radius 1 is 1.24 bits per heavy atom. The molecule has 0 spiro atoms. The Balaban J connectivity index is 2.03. The number of aromatic nitrogens is 1. The quantitative estimate of drug-likeness (QED) is 0.936. The van der Waals surface area contributed by atoms with Gasteiger partial charge in [0, 0.05) is 36.3 Å². The van der Waals surface area contributed by atoms with Crippen molar-refractivity contribution in [3.8, 4) is 0 Å². The van der Waals surface area contributed by atoms with Gasteiger partial charge in [0.2, 0.25) is 10.0 Å². The molecular formula is C15H19N3O2S. The van der Waals surface area contributed by atoms with E-state index in [9.17, 15) is 8.42 Å². The average Bonchev–Trinajstić information content (AvgIpc) is 2.54. The molecule has 0 amide bonds. The van der Waals surface area contributed by atoms with E-state index in [1.54, 1.807) is 37.6 Å². The Hall–Kier alpha value is -1.50. The molecular weight excluding hydrogens is 286 g/mol. The van der Waals surface area contributed by atoms with Gasteiger partial charge in [-0.25, -0.2) is 8.42 Å². The van der Waals surface area contributed by atoms with Crippen LogP contribution in [0, 0.1) is 0 Å². The molecule has 2 aromatic rings. The zero-order chi connectivity index (χ0) is 14.9. The Morgan fingerprint density at radius 2 is 2.00 bits per heavy atom. The lowest BCUT2D eigenvalue weighted by Crippen LogP contribution is -2.43. The fraction of sp³-hybridized carbons (Fsp3) is 0.400. The van der Waals surface area contributed by atoms with E-state index in [2.05, 4.69) is 10.3 Å². The van der Waals surface area contributed by atoms with Crippen molar-refractivity contribution in [1.29, 1.82) is 0 Å². The van der Waals surface area contributed by atoms with Gasteiger partial charge in [0.15, 0.2) is 0 Å². The Kier molecular flexibility index (Phi) is 3.93. The van der Waals surface area contributed by atoms with Gasteiger partial charge in [-0.1, -0.05) is 12.1 Å². The summed E-state index contributed by atoms with van der Waals surface area (Å²) in [6, 6.07) is 7.15. The second-order valence-electron chi connectivity index (χ2n) is 5.36. The third-order valence-corrected chi connectivity index (χ3v) is 6.09. The van der Waals surface area contributed by atoms with Gasteiger partial charge < -0.3 is 5.32 Å². The first kappa shape index (κ1) is 14.4. The van der Waals surface area contributed by atoms with E-state index in [0.29, 0.717) is 4.90 Å². The van der Waals surface area contributed by atoms with E-state index >= 15 is 0 Å². The van der Waals surface area contributed by atoms with Crippen LogP contribution >= 0.6 is 0 Å². The lowest BCUT2D eigenvalue weighted by Gasteiger charge is -2.31. The fourth-order valence-corrected chi connectivity index (χ4v) is 4.47. The number of hydrogen-bond acceptors (Lipinski definition) is 4. The first-order valence-corrected chi connectivity index (χ1v) is 8.56. The summed E-state index contributed by atoms with van der Waals surface area (Å²) in [4.78, 5) is 4.42. The molecule has 1 aliphatic heterocycles. The molecule has 2 heterocycles. The molecule has 1 fully saturated rings. The molecule has 5 nitrogen and oxygen atoms in total. The van der Waals surface area contributed by atoms with Crippen LogP contribution in [0.3, 0.4) is 0 Å². The van der Waals surface area contributed by atoms with Gasteiger partial charge in [-0.2, -0.15) is 4.31 Å². The molecule has 1 aliphatic rings. The zero-order valence-electron chi connectivity index (χ0n) is 12.0. The van der Waals surface area contributed by atoms with E-state index in [0.717, 1.165) is 36.7 Å². The van der Waals surface area contributed by atoms with Crippen molar-refractivity contribution < 1.29 is 8.42 Å². The predicted molar refractivity (Wildman–Crippen MR) is 82.6 cm³/mol. The van der Waals surface area contributed by atoms with Crippen LogP contribution in [-0.4, -0.2) is 43.9 Å². The van der Waals surface area contributed by atoms with Crippen molar-refractivity contribution in [3.05, 3.63) is 36.7 Å². The highest BCUT2D eigenvalue weighted by atomic mass is 32.2. The van der Waals surface area contributed by atoms with Crippen molar-refractivity contribution in [2.24, 2.45) is 0 Å². The molecule has 21 heavy (non-hydrogen) atoms. The summed E-state index contributed by atoms with van der Waals surface area (Å²) in [6.07, 6.45) is 5.02. The molecule has 1 aromatic carbocycles. The van der Waals surface area contributed by atoms with E-state index in [-0.39, 0.29) is 6.04 Å². The van der Waals surface area contributed by atoms with Gasteiger partial charge in [0.25, 0.3) is 0 Å². The third kappa shape index (κ3) is 2.66. The van der Waals surface area contributed by atoms with E-state index in [4.69, 9.17) is 0 Å². The van der Waals surface area contributed by atoms with Gasteiger partial charge in [-0.3, -0.25) is 4.98 Å². The van der Waals surface area contributed by atoms with Gasteiger partial charge in [-0.15, -0.1) is 0 Å². The van der Waals surface area contributed by atoms with Crippen LogP contribution in [-0.2, 0) is 10.0 Å². The molecule has 0 aliphatic carbocycles. The number of benzene rings is 1. The maximum absolute atomic E-state index is 12.9. The van der Waals surface area contributed by atoms with Crippen molar-refractivity contribution in [1.82, 2.24) is 14.6 Å². The third-order valence-electron chi connectivity index (χ3n) is 4.12. The topological polar surface area (TPSA) is 62.3 Å². The normalized spacial score (nSPS) is 17.4. The largest absolute Gasteiger partial charge is 0.317 e. The predicted octanol–water partition coefficient (Wildman–Crippen LogP) is 1.61. The van der Waals surface area contributed by atoms with Gasteiger partial charge in [0.05, 0.1) is 4.90 Å². The van der Waals surface area contributed by atoms with Crippen LogP contribution in [0.5, 0.6) is 0 Å². The number of piperidine rings is 1. The Morgan fingerprint density at radius 3 is 2.76 bits per heavy atom. The smallest absolute Gasteiger partial charge is 0.243 e. The molecule has 1 N–H and O–H groups in total. The molecule has 6 heteroatoms. The summed E-state index contributed by atoms with van der Waals surface area (Å²) in [5.41, 5.74) is 0. The molecule has 0 radical (unpaired) electrons. The van der Waals surface area contributed by atoms with Crippen LogP contribution in [0.25, 0.3) is 10.8 Å². The lowest BCUT2D eigenvalue weighted by molar-refractivity contribution is 0.296. The van der Waals surface area contributed by atoms with Crippen molar-refractivity contribution in [3.63, 3.8) is 0 Å². The van der Waals surface area contributed by atoms with Crippen LogP contribution in [0.1, 0.15) is 12.8 Å². The highest BCUT2D eigenvalue weighted by Gasteiger charge is 2.29. The molecule has 1 aromatic heterocycles. The van der Waals surface area contributed by atoms with Crippen LogP contribution < -0.4 is 5.32 Å². The number of sulfonamides is 1. The molecule has 0 unspecified atom stereocenters. The van der Waals surface area contributed by atoms with E-state index < -0.39 is 10.0 Å². The second kappa shape index (κ2) is 5.71. The average molecular weight is 305 g/mol. The first-order chi connectivity index (χ1) is 10.1. The van der Waals surface area contributed by atoms with Gasteiger partial charge in [-0.05, 0) is 38.1 Å². The SMILES string of the molecule is CN(C1CCNCC1)S(=O)(=O)c1cccc2cnccc12. The number of fused-ring (bicyclic) bond motifs is 1. The lowest BCUT2D eigenvalue weighted by atomic mass is 10.1. The van der Waals surface area contributed by atoms with Gasteiger partial charge in [0.1, 0.15) is 0 Å². The number of nitrogens with zero attached hydrogens (tertiary/aromatic N) is 2. The van der Waals surface area contributed by atoms with Crippen molar-refractivity contribution >= 4 is 20.8 Å². The zero-order valence-corrected chi connectivity index (χ0v) is 12.8. The summed E-state index contributed by atoms with van der Waals surface area (Å²) < 4.78 is 27.4. The monoisotopic (exact) mass is 305 g/mol. The summed E-state index contributed by atoms with van der Waals surface area (Å²) in [6.45, 7) is 1.73. The summed E-state index contributed by atoms with van der Waals surface area (Å²) >= 11 is 0. The Bertz CT molecular complexity index is 734. The van der Waals surface area contributed by atoms with Crippen molar-refractivity contribution in [2.75, 3.05) is 20.1 Å². The van der Waals surface area contributed by atoms with Crippen LogP contribution in [0.2, 0.25) is 0 Å². The first-order valence-electron chi connectivity index (χ1n) is 7.12. The van der Waals surface area contributed by atoms with Gasteiger partial charge >= 0.3 is 0 Å². The molecule has 3 rings (SSSR count). The minimum absolute atomic E-state index is 0.0633. The number of rotatable bonds is 3. The highest BCUT2D eigenvalue weighted by Crippen LogP contribution is 2.27. The second-order valence-corrected chi connectivity index (χ2v) is 7.32. The summed E-state index contributed by atoms with van der Waals surface area (Å²) in [5.74, 6) is 0. The summed E-state index contributed by atoms with van der Waals surface area (Å²) in [7, 11) is -1.80. The maximum atomic E-state index is 12.9. The number of nitrogens with one attached hydrogen (secondary N) is 1. The minimum atomic E-state index is -3.49. The highest BCUT2D eigenvalue weighted by molar-refractivity contribution is 7.89. The number of pyridine rings is 1. The van der Waals surface area contributed by atoms with Crippen molar-refractivity contribution in [2.45, 2.75) is 23.8 Å². The van der Waals surface area contributed by atoms with E-state index in [1.165, 1.54) is 4.31 Å². The standard InChI is InChI=1S/C15H19N3O2S/c1-18(13-5-8-16-9-6-13)21(19,20)15-4-2-3-12-11-17-10-7-14(12)15/h2-4,7,10-11,13,16H,5-6,8-9H2,1H3. The van der Waals surface area contributed by atoms with E-state index in [1.807, 2.05) is 6.07 Å².